The first-order valence-corrected chi connectivity index (χ1v) is 10.1. The maximum absolute atomic E-state index is 12.0. The molecule has 12 heteroatoms. The number of nitro benzene ring substituents is 2. The van der Waals surface area contributed by atoms with Gasteiger partial charge in [0.25, 0.3) is 11.4 Å². The van der Waals surface area contributed by atoms with Crippen LogP contribution in [0.5, 0.6) is 0 Å². The molecule has 0 saturated carbocycles. The summed E-state index contributed by atoms with van der Waals surface area (Å²) >= 11 is 0. The molecule has 3 aromatic carbocycles. The number of amidine groups is 1. The van der Waals surface area contributed by atoms with Gasteiger partial charge in [-0.3, -0.25) is 25.5 Å². The summed E-state index contributed by atoms with van der Waals surface area (Å²) in [7, 11) is 0. The first kappa shape index (κ1) is 22.5. The molecular weight excluding hydrogens is 444 g/mol. The van der Waals surface area contributed by atoms with Gasteiger partial charge in [-0.1, -0.05) is 42.0 Å². The SMILES string of the molecule is Cc1ccc(N2N=C([N+](=O)[O-])[C@H](c3cccc([N+](=O)[O-])c3)N[C@H]2c2cccc([N+](=O)[O-])c2)cc1. The third kappa shape index (κ3) is 4.42. The molecule has 4 rings (SSSR count). The van der Waals surface area contributed by atoms with Crippen LogP contribution in [0.2, 0.25) is 0 Å². The van der Waals surface area contributed by atoms with Crippen LogP contribution in [0.15, 0.2) is 77.9 Å². The summed E-state index contributed by atoms with van der Waals surface area (Å²) in [4.78, 5) is 32.8. The summed E-state index contributed by atoms with van der Waals surface area (Å²) in [6.45, 7) is 1.89. The van der Waals surface area contributed by atoms with E-state index in [4.69, 9.17) is 0 Å². The van der Waals surface area contributed by atoms with Gasteiger partial charge in [-0.2, -0.15) is 5.01 Å². The number of hydrogen-bond donors (Lipinski definition) is 1. The Morgan fingerprint density at radius 1 is 0.794 bits per heavy atom. The van der Waals surface area contributed by atoms with E-state index in [2.05, 4.69) is 10.4 Å². The van der Waals surface area contributed by atoms with Gasteiger partial charge in [0.05, 0.1) is 20.6 Å². The maximum Gasteiger partial charge on any atom is 0.385 e. The summed E-state index contributed by atoms with van der Waals surface area (Å²) < 4.78 is 0. The number of rotatable bonds is 5. The highest BCUT2D eigenvalue weighted by Crippen LogP contribution is 2.35. The summed E-state index contributed by atoms with van der Waals surface area (Å²) in [6, 6.07) is 17.3. The Balaban J connectivity index is 1.88. The van der Waals surface area contributed by atoms with Crippen LogP contribution >= 0.6 is 0 Å². The van der Waals surface area contributed by atoms with E-state index in [0.717, 1.165) is 5.56 Å². The Morgan fingerprint density at radius 3 is 1.91 bits per heavy atom. The van der Waals surface area contributed by atoms with Crippen LogP contribution in [0.3, 0.4) is 0 Å². The molecule has 0 amide bonds. The van der Waals surface area contributed by atoms with Crippen LogP contribution in [0.4, 0.5) is 17.1 Å². The number of hydrazone groups is 1. The molecule has 0 spiro atoms. The van der Waals surface area contributed by atoms with Crippen LogP contribution in [-0.4, -0.2) is 20.6 Å². The lowest BCUT2D eigenvalue weighted by Crippen LogP contribution is -2.48. The molecule has 0 radical (unpaired) electrons. The Kier molecular flexibility index (Phi) is 5.97. The van der Waals surface area contributed by atoms with Gasteiger partial charge < -0.3 is 10.1 Å². The van der Waals surface area contributed by atoms with Crippen molar-refractivity contribution >= 4 is 22.9 Å². The molecule has 12 nitrogen and oxygen atoms in total. The third-order valence-corrected chi connectivity index (χ3v) is 5.33. The number of nitro groups is 3. The Labute approximate surface area is 192 Å². The summed E-state index contributed by atoms with van der Waals surface area (Å²) in [6.07, 6.45) is -0.837. The lowest BCUT2D eigenvalue weighted by Gasteiger charge is -2.33. The predicted molar refractivity (Wildman–Crippen MR) is 123 cm³/mol. The molecule has 0 fully saturated rings. The van der Waals surface area contributed by atoms with Gasteiger partial charge in [0.1, 0.15) is 6.04 Å². The fraction of sp³-hybridized carbons (Fsp3) is 0.136. The summed E-state index contributed by atoms with van der Waals surface area (Å²) in [5, 5.41) is 43.4. The monoisotopic (exact) mass is 462 g/mol. The molecule has 1 aliphatic heterocycles. The van der Waals surface area contributed by atoms with Crippen LogP contribution in [0.1, 0.15) is 28.9 Å². The minimum Gasteiger partial charge on any atom is -0.358 e. The molecule has 34 heavy (non-hydrogen) atoms. The zero-order chi connectivity index (χ0) is 24.4. The van der Waals surface area contributed by atoms with Crippen molar-refractivity contribution in [1.82, 2.24) is 5.32 Å². The number of non-ortho nitro benzene ring substituents is 2. The van der Waals surface area contributed by atoms with Crippen LogP contribution in [0, 0.1) is 37.3 Å². The second kappa shape index (κ2) is 9.03. The average molecular weight is 462 g/mol. The van der Waals surface area contributed by atoms with Gasteiger partial charge in [0.2, 0.25) is 0 Å². The zero-order valence-electron chi connectivity index (χ0n) is 17.8. The minimum atomic E-state index is -1.11. The smallest absolute Gasteiger partial charge is 0.358 e. The molecule has 0 bridgehead atoms. The van der Waals surface area contributed by atoms with E-state index in [1.165, 1.54) is 47.5 Å². The molecule has 0 saturated heterocycles. The molecule has 0 aromatic heterocycles. The number of hydrogen-bond acceptors (Lipinski definition) is 9. The fourth-order valence-corrected chi connectivity index (χ4v) is 3.68. The van der Waals surface area contributed by atoms with Crippen molar-refractivity contribution in [3.8, 4) is 0 Å². The van der Waals surface area contributed by atoms with Gasteiger partial charge in [0, 0.05) is 24.3 Å². The molecule has 3 aromatic rings. The molecular formula is C22H18N6O6. The largest absolute Gasteiger partial charge is 0.385 e. The van der Waals surface area contributed by atoms with E-state index < -0.39 is 32.8 Å². The fourth-order valence-electron chi connectivity index (χ4n) is 3.68. The quantitative estimate of drug-likeness (QED) is 0.435. The van der Waals surface area contributed by atoms with E-state index in [9.17, 15) is 30.3 Å². The van der Waals surface area contributed by atoms with Crippen molar-refractivity contribution in [3.63, 3.8) is 0 Å². The highest BCUT2D eigenvalue weighted by atomic mass is 16.6. The maximum atomic E-state index is 12.0. The number of nitrogens with one attached hydrogen (secondary N) is 1. The van der Waals surface area contributed by atoms with E-state index in [-0.39, 0.29) is 16.9 Å². The first-order chi connectivity index (χ1) is 16.2. The van der Waals surface area contributed by atoms with Gasteiger partial charge in [0.15, 0.2) is 6.17 Å². The second-order valence-electron chi connectivity index (χ2n) is 7.60. The van der Waals surface area contributed by atoms with Gasteiger partial charge in [-0.05, 0) is 35.1 Å². The highest BCUT2D eigenvalue weighted by Gasteiger charge is 2.42. The van der Waals surface area contributed by atoms with Crippen molar-refractivity contribution in [1.29, 1.82) is 0 Å². The molecule has 1 aliphatic rings. The van der Waals surface area contributed by atoms with Crippen molar-refractivity contribution in [2.75, 3.05) is 5.01 Å². The van der Waals surface area contributed by atoms with E-state index >= 15 is 0 Å². The lowest BCUT2D eigenvalue weighted by molar-refractivity contribution is -0.385. The molecule has 0 unspecified atom stereocenters. The molecule has 0 aliphatic carbocycles. The number of benzene rings is 3. The topological polar surface area (TPSA) is 157 Å². The van der Waals surface area contributed by atoms with Gasteiger partial charge in [-0.25, -0.2) is 0 Å². The molecule has 1 heterocycles. The van der Waals surface area contributed by atoms with Crippen LogP contribution in [-0.2, 0) is 0 Å². The zero-order valence-corrected chi connectivity index (χ0v) is 17.8. The number of aryl methyl sites for hydroxylation is 1. The van der Waals surface area contributed by atoms with E-state index in [1.807, 2.05) is 19.1 Å². The average Bonchev–Trinajstić information content (AvgIpc) is 2.84. The number of nitrogens with zero attached hydrogens (tertiary/aromatic N) is 5. The van der Waals surface area contributed by atoms with Crippen molar-refractivity contribution in [2.45, 2.75) is 19.1 Å². The summed E-state index contributed by atoms with van der Waals surface area (Å²) in [5.41, 5.74) is 1.81. The van der Waals surface area contributed by atoms with Gasteiger partial charge in [-0.15, -0.1) is 0 Å². The third-order valence-electron chi connectivity index (χ3n) is 5.33. The molecule has 2 atom stereocenters. The Morgan fingerprint density at radius 2 is 1.35 bits per heavy atom. The second-order valence-corrected chi connectivity index (χ2v) is 7.60. The van der Waals surface area contributed by atoms with Crippen LogP contribution < -0.4 is 10.3 Å². The molecule has 172 valence electrons. The van der Waals surface area contributed by atoms with E-state index in [1.54, 1.807) is 18.2 Å². The first-order valence-electron chi connectivity index (χ1n) is 10.1. The van der Waals surface area contributed by atoms with Crippen molar-refractivity contribution in [3.05, 3.63) is 120 Å². The number of anilines is 1. The summed E-state index contributed by atoms with van der Waals surface area (Å²) in [5.74, 6) is -0.470. The normalized spacial score (nSPS) is 17.7. The van der Waals surface area contributed by atoms with Crippen molar-refractivity contribution in [2.24, 2.45) is 5.10 Å². The Hall–Kier alpha value is -4.71. The predicted octanol–water partition coefficient (Wildman–Crippen LogP) is 4.25. The van der Waals surface area contributed by atoms with Crippen molar-refractivity contribution < 1.29 is 14.8 Å². The van der Waals surface area contributed by atoms with E-state index in [0.29, 0.717) is 11.3 Å². The van der Waals surface area contributed by atoms with Crippen LogP contribution in [0.25, 0.3) is 0 Å². The van der Waals surface area contributed by atoms with Gasteiger partial charge >= 0.3 is 5.84 Å². The lowest BCUT2D eigenvalue weighted by atomic mass is 10.0. The molecule has 1 N–H and O–H groups in total. The minimum absolute atomic E-state index is 0.154. The standard InChI is InChI=1S/C22H18N6O6/c1-14-8-10-17(11-9-14)25-21(16-5-3-7-19(13-16)27(31)32)23-20(22(24-25)28(33)34)15-4-2-6-18(12-15)26(29)30/h2-13,20-21,23H,1H3/t20-,21+/m0/s1. The Bertz CT molecular complexity index is 1310. The highest BCUT2D eigenvalue weighted by molar-refractivity contribution is 5.84.